The highest BCUT2D eigenvalue weighted by atomic mass is 35.5. The summed E-state index contributed by atoms with van der Waals surface area (Å²) < 4.78 is 25.9. The van der Waals surface area contributed by atoms with Gasteiger partial charge in [-0.25, -0.2) is 13.1 Å². The van der Waals surface area contributed by atoms with Gasteiger partial charge in [-0.1, -0.05) is 0 Å². The molecule has 0 aromatic rings. The van der Waals surface area contributed by atoms with Crippen molar-refractivity contribution < 1.29 is 8.42 Å². The molecule has 2 N–H and O–H groups in total. The van der Waals surface area contributed by atoms with Crippen LogP contribution in [0.15, 0.2) is 0 Å². The van der Waals surface area contributed by atoms with E-state index in [1.54, 1.807) is 0 Å². The van der Waals surface area contributed by atoms with E-state index in [1.165, 1.54) is 0 Å². The van der Waals surface area contributed by atoms with Crippen LogP contribution >= 0.6 is 12.4 Å². The summed E-state index contributed by atoms with van der Waals surface area (Å²) in [6.07, 6.45) is 1.71. The normalized spacial score (nSPS) is 40.1. The molecule has 3 aliphatic rings. The maximum absolute atomic E-state index is 11.5. The van der Waals surface area contributed by atoms with Crippen molar-refractivity contribution in [2.75, 3.05) is 13.1 Å². The molecule has 0 aromatic heterocycles. The summed E-state index contributed by atoms with van der Waals surface area (Å²) in [6.45, 7) is 1.98. The molecular formula is C8H15ClN2O2S. The molecule has 3 fully saturated rings. The average molecular weight is 239 g/mol. The number of rotatable bonds is 3. The second kappa shape index (κ2) is 3.33. The van der Waals surface area contributed by atoms with Crippen molar-refractivity contribution in [2.45, 2.75) is 24.1 Å². The molecule has 6 heteroatoms. The fourth-order valence-electron chi connectivity index (χ4n) is 2.26. The van der Waals surface area contributed by atoms with Crippen LogP contribution in [0.4, 0.5) is 0 Å². The minimum Gasteiger partial charge on any atom is -0.316 e. The fourth-order valence-corrected chi connectivity index (χ4v) is 3.94. The fraction of sp³-hybridized carbons (Fsp3) is 1.00. The van der Waals surface area contributed by atoms with Gasteiger partial charge in [-0.15, -0.1) is 12.4 Å². The third-order valence-corrected chi connectivity index (χ3v) is 5.31. The Labute approximate surface area is 90.3 Å². The maximum atomic E-state index is 11.5. The molecule has 0 aromatic carbocycles. The minimum absolute atomic E-state index is 0. The first-order valence-electron chi connectivity index (χ1n) is 4.90. The molecule has 0 radical (unpaired) electrons. The van der Waals surface area contributed by atoms with Crippen molar-refractivity contribution in [2.24, 2.45) is 11.8 Å². The summed E-state index contributed by atoms with van der Waals surface area (Å²) in [5.41, 5.74) is 0. The number of halogens is 1. The van der Waals surface area contributed by atoms with Crippen LogP contribution < -0.4 is 10.0 Å². The molecule has 0 bridgehead atoms. The van der Waals surface area contributed by atoms with Crippen LogP contribution in [0.1, 0.15) is 12.8 Å². The number of sulfonamides is 1. The summed E-state index contributed by atoms with van der Waals surface area (Å²) in [5.74, 6) is 1.15. The van der Waals surface area contributed by atoms with Gasteiger partial charge in [-0.2, -0.15) is 0 Å². The molecule has 2 aliphatic carbocycles. The molecule has 2 saturated carbocycles. The number of hydrogen-bond acceptors (Lipinski definition) is 3. The SMILES string of the molecule is Cl.O=S(=O)(NC1C2CNCC21)C1CC1. The van der Waals surface area contributed by atoms with Crippen molar-refractivity contribution in [3.63, 3.8) is 0 Å². The quantitative estimate of drug-likeness (QED) is 0.711. The van der Waals surface area contributed by atoms with Gasteiger partial charge in [0, 0.05) is 6.04 Å². The van der Waals surface area contributed by atoms with Gasteiger partial charge in [0.15, 0.2) is 0 Å². The van der Waals surface area contributed by atoms with Crippen LogP contribution in [-0.2, 0) is 10.0 Å². The molecule has 3 rings (SSSR count). The van der Waals surface area contributed by atoms with Crippen LogP contribution in [0.25, 0.3) is 0 Å². The summed E-state index contributed by atoms with van der Waals surface area (Å²) in [4.78, 5) is 0. The van der Waals surface area contributed by atoms with Crippen molar-refractivity contribution in [1.82, 2.24) is 10.0 Å². The van der Waals surface area contributed by atoms with Gasteiger partial charge in [0.1, 0.15) is 0 Å². The lowest BCUT2D eigenvalue weighted by atomic mass is 10.4. The third-order valence-electron chi connectivity index (χ3n) is 3.36. The van der Waals surface area contributed by atoms with Gasteiger partial charge in [0.2, 0.25) is 10.0 Å². The van der Waals surface area contributed by atoms with Crippen molar-refractivity contribution >= 4 is 22.4 Å². The Kier molecular flexibility index (Phi) is 2.54. The first-order valence-corrected chi connectivity index (χ1v) is 6.45. The van der Waals surface area contributed by atoms with E-state index in [9.17, 15) is 8.42 Å². The highest BCUT2D eigenvalue weighted by molar-refractivity contribution is 7.90. The first-order chi connectivity index (χ1) is 6.18. The topological polar surface area (TPSA) is 58.2 Å². The monoisotopic (exact) mass is 238 g/mol. The molecule has 1 saturated heterocycles. The Hall–Kier alpha value is 0.160. The van der Waals surface area contributed by atoms with Gasteiger partial charge >= 0.3 is 0 Å². The lowest BCUT2D eigenvalue weighted by molar-refractivity contribution is 0.564. The zero-order chi connectivity index (χ0) is 9.05. The van der Waals surface area contributed by atoms with Crippen LogP contribution in [0.5, 0.6) is 0 Å². The second-order valence-corrected chi connectivity index (χ2v) is 6.37. The van der Waals surface area contributed by atoms with E-state index in [2.05, 4.69) is 10.0 Å². The number of hydrogen-bond donors (Lipinski definition) is 2. The van der Waals surface area contributed by atoms with E-state index >= 15 is 0 Å². The van der Waals surface area contributed by atoms with Crippen molar-refractivity contribution in [3.05, 3.63) is 0 Å². The predicted octanol–water partition coefficient (Wildman–Crippen LogP) is -0.292. The molecule has 0 amide bonds. The number of piperidine rings is 1. The largest absolute Gasteiger partial charge is 0.316 e. The third kappa shape index (κ3) is 1.66. The Morgan fingerprint density at radius 2 is 1.71 bits per heavy atom. The molecule has 1 aliphatic heterocycles. The summed E-state index contributed by atoms with van der Waals surface area (Å²) in [5, 5.41) is 3.18. The second-order valence-electron chi connectivity index (χ2n) is 4.37. The van der Waals surface area contributed by atoms with E-state index in [0.29, 0.717) is 11.8 Å². The van der Waals surface area contributed by atoms with Crippen molar-refractivity contribution in [1.29, 1.82) is 0 Å². The Balaban J connectivity index is 0.000000750. The lowest BCUT2D eigenvalue weighted by Crippen LogP contribution is -2.34. The maximum Gasteiger partial charge on any atom is 0.214 e. The molecule has 1 heterocycles. The smallest absolute Gasteiger partial charge is 0.214 e. The number of nitrogens with one attached hydrogen (secondary N) is 2. The van der Waals surface area contributed by atoms with E-state index in [0.717, 1.165) is 25.9 Å². The summed E-state index contributed by atoms with van der Waals surface area (Å²) in [6, 6.07) is 0.256. The van der Waals surface area contributed by atoms with E-state index in [1.807, 2.05) is 0 Å². The summed E-state index contributed by atoms with van der Waals surface area (Å²) >= 11 is 0. The Morgan fingerprint density at radius 3 is 2.21 bits per heavy atom. The van der Waals surface area contributed by atoms with E-state index < -0.39 is 10.0 Å². The minimum atomic E-state index is -2.94. The van der Waals surface area contributed by atoms with Crippen LogP contribution in [0.3, 0.4) is 0 Å². The number of fused-ring (bicyclic) bond motifs is 1. The predicted molar refractivity (Wildman–Crippen MR) is 56.0 cm³/mol. The van der Waals surface area contributed by atoms with E-state index in [4.69, 9.17) is 0 Å². The van der Waals surface area contributed by atoms with Gasteiger partial charge in [-0.3, -0.25) is 0 Å². The molecular weight excluding hydrogens is 224 g/mol. The van der Waals surface area contributed by atoms with Crippen molar-refractivity contribution in [3.8, 4) is 0 Å². The molecule has 2 unspecified atom stereocenters. The molecule has 2 atom stereocenters. The van der Waals surface area contributed by atoms with Gasteiger partial charge < -0.3 is 5.32 Å². The lowest BCUT2D eigenvalue weighted by Gasteiger charge is -2.07. The molecule has 4 nitrogen and oxygen atoms in total. The average Bonchev–Trinajstić information content (AvgIpc) is 2.94. The standard InChI is InChI=1S/C8H14N2O2S.ClH/c11-13(12,5-1-2-5)10-8-6-3-9-4-7(6)8;/h5-10H,1-4H2;1H. The Morgan fingerprint density at radius 1 is 1.14 bits per heavy atom. The zero-order valence-electron chi connectivity index (χ0n) is 7.77. The summed E-state index contributed by atoms with van der Waals surface area (Å²) in [7, 11) is -2.94. The van der Waals surface area contributed by atoms with Gasteiger partial charge in [0.05, 0.1) is 5.25 Å². The van der Waals surface area contributed by atoms with Crippen LogP contribution in [-0.4, -0.2) is 32.8 Å². The zero-order valence-corrected chi connectivity index (χ0v) is 9.40. The molecule has 14 heavy (non-hydrogen) atoms. The van der Waals surface area contributed by atoms with Crippen LogP contribution in [0, 0.1) is 11.8 Å². The molecule has 0 spiro atoms. The van der Waals surface area contributed by atoms with Gasteiger partial charge in [0.25, 0.3) is 0 Å². The van der Waals surface area contributed by atoms with Gasteiger partial charge in [-0.05, 0) is 37.8 Å². The van der Waals surface area contributed by atoms with Crippen LogP contribution in [0.2, 0.25) is 0 Å². The highest BCUT2D eigenvalue weighted by Gasteiger charge is 2.55. The molecule has 82 valence electrons. The first kappa shape index (κ1) is 10.7. The highest BCUT2D eigenvalue weighted by Crippen LogP contribution is 2.43. The van der Waals surface area contributed by atoms with E-state index in [-0.39, 0.29) is 23.7 Å². The Bertz CT molecular complexity index is 318.